The summed E-state index contributed by atoms with van der Waals surface area (Å²) < 4.78 is 5.14. The third-order valence-corrected chi connectivity index (χ3v) is 5.47. The highest BCUT2D eigenvalue weighted by Crippen LogP contribution is 2.32. The number of nitrogens with zero attached hydrogens (tertiary/aromatic N) is 2. The van der Waals surface area contributed by atoms with Crippen LogP contribution < -0.4 is 4.90 Å². The van der Waals surface area contributed by atoms with Crippen molar-refractivity contribution in [2.24, 2.45) is 0 Å². The lowest BCUT2D eigenvalue weighted by molar-refractivity contribution is -0.148. The van der Waals surface area contributed by atoms with Crippen LogP contribution in [0.25, 0.3) is 0 Å². The topological polar surface area (TPSA) is 42.4 Å². The van der Waals surface area contributed by atoms with E-state index in [1.807, 2.05) is 37.9 Å². The molecule has 0 radical (unpaired) electrons. The summed E-state index contributed by atoms with van der Waals surface area (Å²) in [5, 5.41) is 3.64. The molecule has 2 rings (SSSR count). The summed E-state index contributed by atoms with van der Waals surface area (Å²) in [4.78, 5) is 19.0. The Labute approximate surface area is 128 Å². The van der Waals surface area contributed by atoms with Gasteiger partial charge in [0, 0.05) is 29.5 Å². The number of thiazole rings is 1. The van der Waals surface area contributed by atoms with Gasteiger partial charge in [0.25, 0.3) is 0 Å². The maximum atomic E-state index is 12.0. The molecule has 0 bridgehead atoms. The number of anilines is 1. The lowest BCUT2D eigenvalue weighted by atomic mass is 9.90. The highest BCUT2D eigenvalue weighted by molar-refractivity contribution is 8.00. The Hall–Kier alpha value is -0.750. The first-order valence-electron chi connectivity index (χ1n) is 6.95. The third-order valence-electron chi connectivity index (χ3n) is 3.43. The zero-order valence-corrected chi connectivity index (χ0v) is 14.1. The van der Waals surface area contributed by atoms with Gasteiger partial charge in [-0.3, -0.25) is 4.79 Å². The zero-order chi connectivity index (χ0) is 14.8. The lowest BCUT2D eigenvalue weighted by Gasteiger charge is -2.30. The Bertz CT molecular complexity index is 473. The SMILES string of the molecule is CCOC(=O)C(C)(C)c1csc(N2CCSC(C)C2)n1. The minimum Gasteiger partial charge on any atom is -0.465 e. The van der Waals surface area contributed by atoms with E-state index in [1.165, 1.54) is 0 Å². The van der Waals surface area contributed by atoms with Crippen molar-refractivity contribution in [2.75, 3.05) is 30.3 Å². The number of thioether (sulfide) groups is 1. The number of hydrogen-bond donors (Lipinski definition) is 0. The predicted molar refractivity (Wildman–Crippen MR) is 85.9 cm³/mol. The average molecular weight is 314 g/mol. The first kappa shape index (κ1) is 15.6. The number of rotatable bonds is 4. The summed E-state index contributed by atoms with van der Waals surface area (Å²) >= 11 is 3.62. The van der Waals surface area contributed by atoms with Gasteiger partial charge in [0.05, 0.1) is 12.3 Å². The molecule has 1 atom stereocenters. The molecular formula is C14H22N2O2S2. The first-order valence-corrected chi connectivity index (χ1v) is 8.87. The van der Waals surface area contributed by atoms with Gasteiger partial charge in [-0.15, -0.1) is 11.3 Å². The molecule has 1 aromatic rings. The number of aromatic nitrogens is 1. The number of carbonyl (C=O) groups is 1. The van der Waals surface area contributed by atoms with Gasteiger partial charge >= 0.3 is 5.97 Å². The fourth-order valence-corrected chi connectivity index (χ4v) is 4.15. The summed E-state index contributed by atoms with van der Waals surface area (Å²) in [5.41, 5.74) is 0.128. The quantitative estimate of drug-likeness (QED) is 0.799. The zero-order valence-electron chi connectivity index (χ0n) is 12.5. The van der Waals surface area contributed by atoms with Crippen LogP contribution in [0.2, 0.25) is 0 Å². The van der Waals surface area contributed by atoms with Gasteiger partial charge in [-0.1, -0.05) is 6.92 Å². The lowest BCUT2D eigenvalue weighted by Crippen LogP contribution is -2.37. The summed E-state index contributed by atoms with van der Waals surface area (Å²) in [5.74, 6) is 0.927. The van der Waals surface area contributed by atoms with Crippen LogP contribution in [0.3, 0.4) is 0 Å². The van der Waals surface area contributed by atoms with Crippen LogP contribution in [0.15, 0.2) is 5.38 Å². The molecule has 1 saturated heterocycles. The van der Waals surface area contributed by atoms with Crippen LogP contribution in [0.5, 0.6) is 0 Å². The van der Waals surface area contributed by atoms with E-state index in [0.717, 1.165) is 29.7 Å². The normalized spacial score (nSPS) is 20.0. The van der Waals surface area contributed by atoms with Crippen molar-refractivity contribution >= 4 is 34.2 Å². The molecule has 4 nitrogen and oxygen atoms in total. The Kier molecular flexibility index (Phi) is 4.96. The molecule has 0 spiro atoms. The molecule has 0 N–H and O–H groups in total. The van der Waals surface area contributed by atoms with E-state index in [1.54, 1.807) is 11.3 Å². The third kappa shape index (κ3) is 3.28. The predicted octanol–water partition coefficient (Wildman–Crippen LogP) is 2.93. The molecule has 112 valence electrons. The van der Waals surface area contributed by atoms with Crippen LogP contribution in [0.1, 0.15) is 33.4 Å². The molecular weight excluding hydrogens is 292 g/mol. The number of ether oxygens (including phenoxy) is 1. The van der Waals surface area contributed by atoms with Gasteiger partial charge in [-0.25, -0.2) is 4.98 Å². The van der Waals surface area contributed by atoms with Gasteiger partial charge in [0.15, 0.2) is 5.13 Å². The van der Waals surface area contributed by atoms with E-state index in [4.69, 9.17) is 4.74 Å². The maximum absolute atomic E-state index is 12.0. The average Bonchev–Trinajstić information content (AvgIpc) is 2.89. The van der Waals surface area contributed by atoms with E-state index in [-0.39, 0.29) is 5.97 Å². The Morgan fingerprint density at radius 3 is 3.00 bits per heavy atom. The van der Waals surface area contributed by atoms with Crippen molar-refractivity contribution in [2.45, 2.75) is 38.4 Å². The highest BCUT2D eigenvalue weighted by atomic mass is 32.2. The minimum atomic E-state index is -0.680. The van der Waals surface area contributed by atoms with Crippen molar-refractivity contribution < 1.29 is 9.53 Å². The van der Waals surface area contributed by atoms with Crippen molar-refractivity contribution in [1.29, 1.82) is 0 Å². The minimum absolute atomic E-state index is 0.209. The molecule has 0 saturated carbocycles. The smallest absolute Gasteiger partial charge is 0.317 e. The van der Waals surface area contributed by atoms with Crippen LogP contribution >= 0.6 is 23.1 Å². The van der Waals surface area contributed by atoms with Gasteiger partial charge in [-0.05, 0) is 20.8 Å². The van der Waals surface area contributed by atoms with Crippen LogP contribution in [0, 0.1) is 0 Å². The fourth-order valence-electron chi connectivity index (χ4n) is 2.10. The largest absolute Gasteiger partial charge is 0.465 e. The number of esters is 1. The van der Waals surface area contributed by atoms with E-state index in [0.29, 0.717) is 11.9 Å². The number of hydrogen-bond acceptors (Lipinski definition) is 6. The molecule has 1 fully saturated rings. The standard InChI is InChI=1S/C14H22N2O2S2/c1-5-18-12(17)14(3,4)11-9-20-13(15-11)16-6-7-19-10(2)8-16/h9-10H,5-8H2,1-4H3. The molecule has 0 aromatic carbocycles. The van der Waals surface area contributed by atoms with E-state index >= 15 is 0 Å². The van der Waals surface area contributed by atoms with Crippen LogP contribution in [-0.4, -0.2) is 41.7 Å². The van der Waals surface area contributed by atoms with Gasteiger partial charge in [-0.2, -0.15) is 11.8 Å². The molecule has 0 amide bonds. The highest BCUT2D eigenvalue weighted by Gasteiger charge is 2.34. The molecule has 1 unspecified atom stereocenters. The fraction of sp³-hybridized carbons (Fsp3) is 0.714. The van der Waals surface area contributed by atoms with E-state index < -0.39 is 5.41 Å². The monoisotopic (exact) mass is 314 g/mol. The molecule has 1 aromatic heterocycles. The van der Waals surface area contributed by atoms with Gasteiger partial charge in [0.2, 0.25) is 0 Å². The summed E-state index contributed by atoms with van der Waals surface area (Å²) in [6.07, 6.45) is 0. The maximum Gasteiger partial charge on any atom is 0.317 e. The van der Waals surface area contributed by atoms with E-state index in [9.17, 15) is 4.79 Å². The molecule has 0 aliphatic carbocycles. The van der Waals surface area contributed by atoms with Crippen molar-refractivity contribution in [1.82, 2.24) is 4.98 Å². The molecule has 1 aliphatic rings. The molecule has 6 heteroatoms. The summed E-state index contributed by atoms with van der Waals surface area (Å²) in [6.45, 7) is 10.3. The number of carbonyl (C=O) groups excluding carboxylic acids is 1. The second-order valence-electron chi connectivity index (χ2n) is 5.49. The first-order chi connectivity index (χ1) is 9.45. The van der Waals surface area contributed by atoms with Gasteiger partial charge < -0.3 is 9.64 Å². The Balaban J connectivity index is 2.13. The van der Waals surface area contributed by atoms with E-state index in [2.05, 4.69) is 16.8 Å². The van der Waals surface area contributed by atoms with Crippen molar-refractivity contribution in [3.8, 4) is 0 Å². The molecule has 1 aliphatic heterocycles. The second-order valence-corrected chi connectivity index (χ2v) is 7.87. The summed E-state index contributed by atoms with van der Waals surface area (Å²) in [7, 11) is 0. The second kappa shape index (κ2) is 6.35. The van der Waals surface area contributed by atoms with Crippen molar-refractivity contribution in [3.05, 3.63) is 11.1 Å². The summed E-state index contributed by atoms with van der Waals surface area (Å²) in [6, 6.07) is 0. The van der Waals surface area contributed by atoms with Gasteiger partial charge in [0.1, 0.15) is 5.41 Å². The Morgan fingerprint density at radius 2 is 2.35 bits per heavy atom. The van der Waals surface area contributed by atoms with Crippen LogP contribution in [0.4, 0.5) is 5.13 Å². The molecule has 2 heterocycles. The Morgan fingerprint density at radius 1 is 1.60 bits per heavy atom. The van der Waals surface area contributed by atoms with Crippen LogP contribution in [-0.2, 0) is 14.9 Å². The van der Waals surface area contributed by atoms with Crippen molar-refractivity contribution in [3.63, 3.8) is 0 Å². The molecule has 20 heavy (non-hydrogen) atoms.